The third kappa shape index (κ3) is 4.27. The van der Waals surface area contributed by atoms with Gasteiger partial charge in [-0.1, -0.05) is 23.2 Å². The maximum atomic E-state index is 12.2. The van der Waals surface area contributed by atoms with Gasteiger partial charge in [0.2, 0.25) is 0 Å². The van der Waals surface area contributed by atoms with E-state index in [1.807, 2.05) is 0 Å². The number of ether oxygens (including phenoxy) is 1. The average molecular weight is 383 g/mol. The monoisotopic (exact) mass is 382 g/mol. The van der Waals surface area contributed by atoms with Crippen LogP contribution in [0.4, 0.5) is 0 Å². The Hall–Kier alpha value is -2.18. The Morgan fingerprint density at radius 2 is 1.76 bits per heavy atom. The lowest BCUT2D eigenvalue weighted by Gasteiger charge is -2.34. The van der Waals surface area contributed by atoms with Gasteiger partial charge in [0.05, 0.1) is 16.3 Å². The Morgan fingerprint density at radius 1 is 1.04 bits per heavy atom. The van der Waals surface area contributed by atoms with Gasteiger partial charge in [-0.15, -0.1) is 0 Å². The van der Waals surface area contributed by atoms with Gasteiger partial charge >= 0.3 is 0 Å². The minimum absolute atomic E-state index is 0.0932. The molecule has 3 rings (SSSR count). The van der Waals surface area contributed by atoms with Crippen molar-refractivity contribution in [3.8, 4) is 5.75 Å². The molecule has 132 valence electrons. The summed E-state index contributed by atoms with van der Waals surface area (Å²) < 4.78 is 10.6. The van der Waals surface area contributed by atoms with Gasteiger partial charge in [-0.2, -0.15) is 0 Å². The van der Waals surface area contributed by atoms with Crippen molar-refractivity contribution < 1.29 is 18.7 Å². The van der Waals surface area contributed by atoms with Crippen LogP contribution < -0.4 is 4.74 Å². The van der Waals surface area contributed by atoms with Crippen LogP contribution in [0, 0.1) is 0 Å². The second kappa shape index (κ2) is 7.80. The van der Waals surface area contributed by atoms with Crippen LogP contribution in [0.5, 0.6) is 5.75 Å². The van der Waals surface area contributed by atoms with Crippen molar-refractivity contribution >= 4 is 35.0 Å². The Bertz CT molecular complexity index is 756. The van der Waals surface area contributed by atoms with E-state index < -0.39 is 0 Å². The van der Waals surface area contributed by atoms with Crippen LogP contribution in [-0.2, 0) is 4.79 Å². The quantitative estimate of drug-likeness (QED) is 0.815. The van der Waals surface area contributed by atoms with E-state index >= 15 is 0 Å². The van der Waals surface area contributed by atoms with E-state index in [4.69, 9.17) is 32.4 Å². The van der Waals surface area contributed by atoms with Gasteiger partial charge in [-0.05, 0) is 24.3 Å². The van der Waals surface area contributed by atoms with Crippen LogP contribution in [0.15, 0.2) is 41.0 Å². The largest absolute Gasteiger partial charge is 0.484 e. The molecule has 1 saturated heterocycles. The van der Waals surface area contributed by atoms with Crippen molar-refractivity contribution in [3.63, 3.8) is 0 Å². The Kier molecular flexibility index (Phi) is 5.50. The number of rotatable bonds is 4. The molecule has 2 heterocycles. The van der Waals surface area contributed by atoms with Crippen molar-refractivity contribution in [1.82, 2.24) is 9.80 Å². The van der Waals surface area contributed by atoms with E-state index in [1.165, 1.54) is 6.26 Å². The van der Waals surface area contributed by atoms with Gasteiger partial charge in [0.25, 0.3) is 11.8 Å². The van der Waals surface area contributed by atoms with Crippen LogP contribution in [0.2, 0.25) is 10.0 Å². The van der Waals surface area contributed by atoms with Crippen molar-refractivity contribution in [2.24, 2.45) is 0 Å². The summed E-state index contributed by atoms with van der Waals surface area (Å²) in [7, 11) is 0. The smallest absolute Gasteiger partial charge is 0.289 e. The maximum Gasteiger partial charge on any atom is 0.289 e. The summed E-state index contributed by atoms with van der Waals surface area (Å²) in [5.74, 6) is 0.484. The molecule has 0 bridgehead atoms. The lowest BCUT2D eigenvalue weighted by Crippen LogP contribution is -2.51. The molecule has 6 nitrogen and oxygen atoms in total. The van der Waals surface area contributed by atoms with Crippen LogP contribution in [0.3, 0.4) is 0 Å². The van der Waals surface area contributed by atoms with Gasteiger partial charge < -0.3 is 19.0 Å². The first kappa shape index (κ1) is 17.6. The molecule has 1 fully saturated rings. The van der Waals surface area contributed by atoms with E-state index in [0.29, 0.717) is 47.7 Å². The summed E-state index contributed by atoms with van der Waals surface area (Å²) in [4.78, 5) is 27.8. The third-order valence-electron chi connectivity index (χ3n) is 3.90. The van der Waals surface area contributed by atoms with E-state index in [9.17, 15) is 9.59 Å². The summed E-state index contributed by atoms with van der Waals surface area (Å²) in [6.07, 6.45) is 1.47. The summed E-state index contributed by atoms with van der Waals surface area (Å²) in [5, 5.41) is 0.800. The first-order valence-corrected chi connectivity index (χ1v) is 8.48. The number of amides is 2. The number of benzene rings is 1. The third-order valence-corrected chi connectivity index (χ3v) is 4.64. The van der Waals surface area contributed by atoms with Crippen molar-refractivity contribution in [2.75, 3.05) is 32.8 Å². The Balaban J connectivity index is 1.48. The van der Waals surface area contributed by atoms with Crippen molar-refractivity contribution in [2.45, 2.75) is 0 Å². The first-order valence-electron chi connectivity index (χ1n) is 7.73. The van der Waals surface area contributed by atoms with Crippen LogP contribution >= 0.6 is 23.2 Å². The molecular weight excluding hydrogens is 367 g/mol. The minimum Gasteiger partial charge on any atom is -0.484 e. The normalized spacial score (nSPS) is 14.5. The lowest BCUT2D eigenvalue weighted by molar-refractivity contribution is -0.134. The number of hydrogen-bond donors (Lipinski definition) is 0. The Labute approximate surface area is 154 Å². The van der Waals surface area contributed by atoms with E-state index in [2.05, 4.69) is 0 Å². The molecule has 0 spiro atoms. The SMILES string of the molecule is O=C(COc1ccc(Cl)c(Cl)c1)N1CCN(C(=O)c2ccco2)CC1. The van der Waals surface area contributed by atoms with Crippen molar-refractivity contribution in [1.29, 1.82) is 0 Å². The molecule has 25 heavy (non-hydrogen) atoms. The Morgan fingerprint density at radius 3 is 2.40 bits per heavy atom. The number of hydrogen-bond acceptors (Lipinski definition) is 4. The highest BCUT2D eigenvalue weighted by molar-refractivity contribution is 6.42. The average Bonchev–Trinajstić information content (AvgIpc) is 3.16. The number of carbonyl (C=O) groups excluding carboxylic acids is 2. The molecule has 0 atom stereocenters. The zero-order chi connectivity index (χ0) is 17.8. The number of piperazine rings is 1. The van der Waals surface area contributed by atoms with Crippen molar-refractivity contribution in [3.05, 3.63) is 52.4 Å². The molecule has 0 N–H and O–H groups in total. The fourth-order valence-corrected chi connectivity index (χ4v) is 2.81. The molecule has 8 heteroatoms. The van der Waals surface area contributed by atoms with Gasteiger partial charge in [0, 0.05) is 32.2 Å². The van der Waals surface area contributed by atoms with Crippen LogP contribution in [0.25, 0.3) is 0 Å². The van der Waals surface area contributed by atoms with Crippen LogP contribution in [-0.4, -0.2) is 54.4 Å². The summed E-state index contributed by atoms with van der Waals surface area (Å²) in [5.41, 5.74) is 0. The molecule has 0 saturated carbocycles. The summed E-state index contributed by atoms with van der Waals surface area (Å²) in [6, 6.07) is 8.14. The zero-order valence-electron chi connectivity index (χ0n) is 13.3. The first-order chi connectivity index (χ1) is 12.0. The predicted molar refractivity (Wildman–Crippen MR) is 93.1 cm³/mol. The second-order valence-corrected chi connectivity index (χ2v) is 6.33. The topological polar surface area (TPSA) is 63.0 Å². The second-order valence-electron chi connectivity index (χ2n) is 5.51. The molecule has 2 amide bonds. The molecule has 1 aliphatic rings. The molecule has 0 unspecified atom stereocenters. The molecule has 2 aromatic rings. The molecule has 0 aliphatic carbocycles. The summed E-state index contributed by atoms with van der Waals surface area (Å²) >= 11 is 11.8. The van der Waals surface area contributed by atoms with E-state index in [1.54, 1.807) is 40.1 Å². The van der Waals surface area contributed by atoms with E-state index in [0.717, 1.165) is 0 Å². The highest BCUT2D eigenvalue weighted by Crippen LogP contribution is 2.26. The zero-order valence-corrected chi connectivity index (χ0v) is 14.8. The summed E-state index contributed by atoms with van der Waals surface area (Å²) in [6.45, 7) is 1.73. The van der Waals surface area contributed by atoms with Gasteiger partial charge in [-0.3, -0.25) is 9.59 Å². The number of halogens is 2. The van der Waals surface area contributed by atoms with Gasteiger partial charge in [0.15, 0.2) is 12.4 Å². The number of nitrogens with zero attached hydrogens (tertiary/aromatic N) is 2. The van der Waals surface area contributed by atoms with E-state index in [-0.39, 0.29) is 18.4 Å². The number of furan rings is 1. The maximum absolute atomic E-state index is 12.2. The van der Waals surface area contributed by atoms with Crippen LogP contribution in [0.1, 0.15) is 10.6 Å². The molecular formula is C17H16Cl2N2O4. The minimum atomic E-state index is -0.163. The fraction of sp³-hybridized carbons (Fsp3) is 0.294. The lowest BCUT2D eigenvalue weighted by atomic mass is 10.3. The molecule has 1 aromatic carbocycles. The molecule has 1 aliphatic heterocycles. The number of carbonyl (C=O) groups is 2. The predicted octanol–water partition coefficient (Wildman–Crippen LogP) is 2.95. The standard InChI is InChI=1S/C17H16Cl2N2O4/c18-13-4-3-12(10-14(13)19)25-11-16(22)20-5-7-21(8-6-20)17(23)15-2-1-9-24-15/h1-4,9-10H,5-8,11H2. The fourth-order valence-electron chi connectivity index (χ4n) is 2.52. The van der Waals surface area contributed by atoms with Gasteiger partial charge in [0.1, 0.15) is 5.75 Å². The highest BCUT2D eigenvalue weighted by Gasteiger charge is 2.26. The molecule has 1 aromatic heterocycles. The highest BCUT2D eigenvalue weighted by atomic mass is 35.5. The van der Waals surface area contributed by atoms with Gasteiger partial charge in [-0.25, -0.2) is 0 Å². The molecule has 0 radical (unpaired) electrons.